The molecule has 1 fully saturated rings. The van der Waals surface area contributed by atoms with Crippen LogP contribution in [-0.2, 0) is 4.74 Å². The molecule has 3 rings (SSSR count). The number of rotatable bonds is 13. The van der Waals surface area contributed by atoms with Crippen LogP contribution in [0.5, 0.6) is 0 Å². The maximum atomic E-state index is 12.3. The van der Waals surface area contributed by atoms with Crippen LogP contribution >= 0.6 is 0 Å². The summed E-state index contributed by atoms with van der Waals surface area (Å²) in [5.41, 5.74) is 1.10. The van der Waals surface area contributed by atoms with Crippen LogP contribution in [0.1, 0.15) is 65.7 Å². The number of fused-ring (bicyclic) bond motifs is 1. The highest BCUT2D eigenvalue weighted by atomic mass is 16.5. The maximum Gasteiger partial charge on any atom is 0.261 e. The van der Waals surface area contributed by atoms with E-state index >= 15 is 0 Å². The molecule has 6 heteroatoms. The lowest BCUT2D eigenvalue weighted by Crippen LogP contribution is -2.37. The number of carbonyl (C=O) groups is 2. The zero-order valence-corrected chi connectivity index (χ0v) is 17.5. The molecule has 0 aliphatic carbocycles. The number of benzene rings is 1. The summed E-state index contributed by atoms with van der Waals surface area (Å²) >= 11 is 0. The largest absolute Gasteiger partial charge is 0.379 e. The minimum Gasteiger partial charge on any atom is -0.379 e. The van der Waals surface area contributed by atoms with Crippen LogP contribution in [-0.4, -0.2) is 74.1 Å². The monoisotopic (exact) mass is 401 g/mol. The Hall–Kier alpha value is -1.76. The fraction of sp³-hybridized carbons (Fsp3) is 0.652. The lowest BCUT2D eigenvalue weighted by atomic mass is 10.1. The molecule has 1 aromatic carbocycles. The molecule has 2 amide bonds. The Morgan fingerprint density at radius 1 is 0.759 bits per heavy atom. The summed E-state index contributed by atoms with van der Waals surface area (Å²) in [6.07, 6.45) is 8.01. The number of carbonyl (C=O) groups excluding carboxylic acids is 2. The molecular formula is C23H35N3O3. The Morgan fingerprint density at radius 3 is 2.03 bits per heavy atom. The van der Waals surface area contributed by atoms with Crippen molar-refractivity contribution < 1.29 is 14.3 Å². The lowest BCUT2D eigenvalue weighted by molar-refractivity contribution is 0.0374. The van der Waals surface area contributed by atoms with Gasteiger partial charge in [0.1, 0.15) is 0 Å². The first kappa shape index (κ1) is 21.9. The van der Waals surface area contributed by atoms with Crippen molar-refractivity contribution in [2.24, 2.45) is 0 Å². The fourth-order valence-electron chi connectivity index (χ4n) is 4.05. The van der Waals surface area contributed by atoms with E-state index in [9.17, 15) is 9.59 Å². The van der Waals surface area contributed by atoms with E-state index in [1.54, 1.807) is 12.1 Å². The van der Waals surface area contributed by atoms with Crippen LogP contribution in [0.3, 0.4) is 0 Å². The number of imide groups is 1. The van der Waals surface area contributed by atoms with Crippen molar-refractivity contribution >= 4 is 11.8 Å². The molecule has 2 aliphatic heterocycles. The number of unbranched alkanes of at least 4 members (excludes halogenated alkanes) is 5. The number of ether oxygens (including phenoxy) is 1. The summed E-state index contributed by atoms with van der Waals surface area (Å²) in [4.78, 5) is 28.5. The molecule has 1 aromatic rings. The summed E-state index contributed by atoms with van der Waals surface area (Å²) in [7, 11) is 0. The van der Waals surface area contributed by atoms with Gasteiger partial charge in [-0.15, -0.1) is 0 Å². The standard InChI is InChI=1S/C23H35N3O3/c27-22-20-10-5-6-11-21(20)23(28)26(22)15-8-4-2-1-3-7-12-24-13-9-14-25-16-18-29-19-17-25/h5-6,10-11,24H,1-4,7-9,12-19H2. The van der Waals surface area contributed by atoms with Crippen LogP contribution in [0.2, 0.25) is 0 Å². The third-order valence-corrected chi connectivity index (χ3v) is 5.80. The van der Waals surface area contributed by atoms with E-state index in [0.717, 1.165) is 52.2 Å². The highest BCUT2D eigenvalue weighted by molar-refractivity contribution is 6.21. The molecule has 2 aliphatic rings. The Bertz CT molecular complexity index is 624. The third-order valence-electron chi connectivity index (χ3n) is 5.80. The molecule has 0 radical (unpaired) electrons. The van der Waals surface area contributed by atoms with Gasteiger partial charge >= 0.3 is 0 Å². The van der Waals surface area contributed by atoms with Gasteiger partial charge < -0.3 is 10.1 Å². The molecule has 0 saturated carbocycles. The number of morpholine rings is 1. The molecular weight excluding hydrogens is 366 g/mol. The van der Waals surface area contributed by atoms with Gasteiger partial charge in [-0.2, -0.15) is 0 Å². The second-order valence-corrected chi connectivity index (χ2v) is 7.99. The second-order valence-electron chi connectivity index (χ2n) is 7.99. The normalized spacial score (nSPS) is 17.2. The first-order valence-corrected chi connectivity index (χ1v) is 11.2. The summed E-state index contributed by atoms with van der Waals surface area (Å²) in [5, 5.41) is 3.54. The van der Waals surface area contributed by atoms with Crippen LogP contribution in [0.4, 0.5) is 0 Å². The highest BCUT2D eigenvalue weighted by Gasteiger charge is 2.34. The number of nitrogens with one attached hydrogen (secondary N) is 1. The zero-order valence-electron chi connectivity index (χ0n) is 17.5. The minimum absolute atomic E-state index is 0.134. The minimum atomic E-state index is -0.134. The number of hydrogen-bond donors (Lipinski definition) is 1. The van der Waals surface area contributed by atoms with E-state index in [1.165, 1.54) is 43.5 Å². The Balaban J connectivity index is 1.13. The highest BCUT2D eigenvalue weighted by Crippen LogP contribution is 2.22. The summed E-state index contributed by atoms with van der Waals surface area (Å²) in [6.45, 7) is 7.81. The predicted molar refractivity (Wildman–Crippen MR) is 114 cm³/mol. The van der Waals surface area contributed by atoms with E-state index in [2.05, 4.69) is 10.2 Å². The summed E-state index contributed by atoms with van der Waals surface area (Å²) in [6, 6.07) is 7.11. The van der Waals surface area contributed by atoms with Crippen molar-refractivity contribution in [3.8, 4) is 0 Å². The van der Waals surface area contributed by atoms with Crippen molar-refractivity contribution in [3.05, 3.63) is 35.4 Å². The molecule has 160 valence electrons. The Kier molecular flexibility index (Phi) is 9.12. The first-order valence-electron chi connectivity index (χ1n) is 11.2. The van der Waals surface area contributed by atoms with Gasteiger partial charge in [-0.25, -0.2) is 0 Å². The van der Waals surface area contributed by atoms with Gasteiger partial charge in [-0.1, -0.05) is 37.8 Å². The Morgan fingerprint density at radius 2 is 1.34 bits per heavy atom. The lowest BCUT2D eigenvalue weighted by Gasteiger charge is -2.26. The van der Waals surface area contributed by atoms with Gasteiger partial charge in [-0.3, -0.25) is 19.4 Å². The van der Waals surface area contributed by atoms with Crippen LogP contribution < -0.4 is 5.32 Å². The number of hydrogen-bond acceptors (Lipinski definition) is 5. The molecule has 0 bridgehead atoms. The fourth-order valence-corrected chi connectivity index (χ4v) is 4.05. The smallest absolute Gasteiger partial charge is 0.261 e. The van der Waals surface area contributed by atoms with Crippen molar-refractivity contribution in [1.29, 1.82) is 0 Å². The molecule has 0 aromatic heterocycles. The van der Waals surface area contributed by atoms with Crippen molar-refractivity contribution in [1.82, 2.24) is 15.1 Å². The van der Waals surface area contributed by atoms with E-state index in [0.29, 0.717) is 17.7 Å². The van der Waals surface area contributed by atoms with Crippen molar-refractivity contribution in [2.45, 2.75) is 44.9 Å². The van der Waals surface area contributed by atoms with E-state index in [-0.39, 0.29) is 11.8 Å². The first-order chi connectivity index (χ1) is 14.3. The third kappa shape index (κ3) is 6.63. The molecule has 29 heavy (non-hydrogen) atoms. The van der Waals surface area contributed by atoms with Crippen LogP contribution in [0.15, 0.2) is 24.3 Å². The number of nitrogens with zero attached hydrogens (tertiary/aromatic N) is 2. The predicted octanol–water partition coefficient (Wildman–Crippen LogP) is 2.94. The van der Waals surface area contributed by atoms with Crippen molar-refractivity contribution in [3.63, 3.8) is 0 Å². The maximum absolute atomic E-state index is 12.3. The number of amides is 2. The molecule has 1 N–H and O–H groups in total. The van der Waals surface area contributed by atoms with E-state index in [4.69, 9.17) is 4.74 Å². The molecule has 0 atom stereocenters. The topological polar surface area (TPSA) is 61.9 Å². The zero-order chi connectivity index (χ0) is 20.3. The second kappa shape index (κ2) is 12.1. The molecule has 2 heterocycles. The summed E-state index contributed by atoms with van der Waals surface area (Å²) in [5.74, 6) is -0.268. The molecule has 1 saturated heterocycles. The van der Waals surface area contributed by atoms with Gasteiger partial charge in [0.2, 0.25) is 0 Å². The quantitative estimate of drug-likeness (QED) is 0.407. The van der Waals surface area contributed by atoms with Gasteiger partial charge in [0, 0.05) is 19.6 Å². The summed E-state index contributed by atoms with van der Waals surface area (Å²) < 4.78 is 5.37. The molecule has 0 unspecified atom stereocenters. The SMILES string of the molecule is O=C1c2ccccc2C(=O)N1CCCCCCCCNCCCN1CCOCC1. The van der Waals surface area contributed by atoms with E-state index in [1.807, 2.05) is 12.1 Å². The van der Waals surface area contributed by atoms with Crippen LogP contribution in [0, 0.1) is 0 Å². The Labute approximate surface area is 174 Å². The molecule has 0 spiro atoms. The van der Waals surface area contributed by atoms with E-state index < -0.39 is 0 Å². The van der Waals surface area contributed by atoms with Crippen molar-refractivity contribution in [2.75, 3.05) is 52.5 Å². The van der Waals surface area contributed by atoms with Gasteiger partial charge in [0.05, 0.1) is 24.3 Å². The molecule has 6 nitrogen and oxygen atoms in total. The average Bonchev–Trinajstić information content (AvgIpc) is 3.00. The van der Waals surface area contributed by atoms with Gasteiger partial charge in [0.25, 0.3) is 11.8 Å². The van der Waals surface area contributed by atoms with Crippen LogP contribution in [0.25, 0.3) is 0 Å². The van der Waals surface area contributed by atoms with Gasteiger partial charge in [-0.05, 0) is 51.0 Å². The average molecular weight is 402 g/mol. The van der Waals surface area contributed by atoms with Gasteiger partial charge in [0.15, 0.2) is 0 Å².